The lowest BCUT2D eigenvalue weighted by molar-refractivity contribution is -0.144. The second-order valence-electron chi connectivity index (χ2n) is 8.75. The Balaban J connectivity index is 1.38. The van der Waals surface area contributed by atoms with Gasteiger partial charge in [0.2, 0.25) is 17.7 Å². The van der Waals surface area contributed by atoms with Crippen molar-refractivity contribution in [2.75, 3.05) is 37.0 Å². The Morgan fingerprint density at radius 2 is 1.97 bits per heavy atom. The van der Waals surface area contributed by atoms with E-state index < -0.39 is 17.9 Å². The van der Waals surface area contributed by atoms with Gasteiger partial charge in [-0.05, 0) is 46.8 Å². The van der Waals surface area contributed by atoms with Gasteiger partial charge in [0.1, 0.15) is 25.5 Å². The summed E-state index contributed by atoms with van der Waals surface area (Å²) in [5.74, 6) is -1.20. The molecular formula is C24H24ClN9O4. The minimum Gasteiger partial charge on any atom is -0.385 e. The molecule has 2 aromatic heterocycles. The Morgan fingerprint density at radius 1 is 1.13 bits per heavy atom. The summed E-state index contributed by atoms with van der Waals surface area (Å²) in [7, 11) is 3.33. The standard InChI is InChI=1S/C24H24ClN9O4/c1-31-11-15-9-17(4-5-18(15)28-31)27-24(37)20(7-8-38-2)32-12-23(36)33(13-22(32)35)21-10-16(25)3-6-19(21)34-14-26-29-30-34/h3-6,9-11,14,20H,7-8,12-13H2,1-2H3,(H,27,37). The zero-order chi connectivity index (χ0) is 26.8. The summed E-state index contributed by atoms with van der Waals surface area (Å²) in [6, 6.07) is 9.30. The van der Waals surface area contributed by atoms with Crippen molar-refractivity contribution < 1.29 is 19.1 Å². The predicted octanol–water partition coefficient (Wildman–Crippen LogP) is 1.42. The fourth-order valence-corrected chi connectivity index (χ4v) is 4.59. The number of hydrogen-bond acceptors (Lipinski definition) is 8. The van der Waals surface area contributed by atoms with Crippen molar-refractivity contribution in [2.45, 2.75) is 12.5 Å². The van der Waals surface area contributed by atoms with E-state index in [9.17, 15) is 14.4 Å². The lowest BCUT2D eigenvalue weighted by atomic mass is 10.1. The van der Waals surface area contributed by atoms with Crippen molar-refractivity contribution in [1.82, 2.24) is 34.9 Å². The van der Waals surface area contributed by atoms with Crippen molar-refractivity contribution in [2.24, 2.45) is 7.05 Å². The molecule has 0 radical (unpaired) electrons. The molecule has 5 rings (SSSR count). The highest BCUT2D eigenvalue weighted by atomic mass is 35.5. The topological polar surface area (TPSA) is 140 Å². The monoisotopic (exact) mass is 537 g/mol. The molecular weight excluding hydrogens is 514 g/mol. The summed E-state index contributed by atoms with van der Waals surface area (Å²) < 4.78 is 8.25. The number of halogens is 1. The van der Waals surface area contributed by atoms with Crippen LogP contribution in [0.1, 0.15) is 6.42 Å². The molecule has 4 aromatic rings. The van der Waals surface area contributed by atoms with Gasteiger partial charge in [-0.2, -0.15) is 9.78 Å². The Hall–Kier alpha value is -4.36. The van der Waals surface area contributed by atoms with Gasteiger partial charge in [-0.25, -0.2) is 0 Å². The van der Waals surface area contributed by atoms with Gasteiger partial charge in [-0.15, -0.1) is 5.10 Å². The number of rotatable bonds is 8. The maximum Gasteiger partial charge on any atom is 0.247 e. The number of amides is 3. The van der Waals surface area contributed by atoms with Crippen LogP contribution in [0.2, 0.25) is 5.02 Å². The first kappa shape index (κ1) is 25.3. The van der Waals surface area contributed by atoms with Gasteiger partial charge in [-0.3, -0.25) is 24.0 Å². The number of benzene rings is 2. The van der Waals surface area contributed by atoms with Crippen molar-refractivity contribution >= 4 is 51.6 Å². The van der Waals surface area contributed by atoms with Crippen LogP contribution in [0.25, 0.3) is 16.6 Å². The van der Waals surface area contributed by atoms with Gasteiger partial charge in [0.05, 0.1) is 16.9 Å². The van der Waals surface area contributed by atoms with E-state index in [1.165, 1.54) is 27.9 Å². The highest BCUT2D eigenvalue weighted by Gasteiger charge is 2.38. The largest absolute Gasteiger partial charge is 0.385 e. The average molecular weight is 538 g/mol. The van der Waals surface area contributed by atoms with E-state index in [2.05, 4.69) is 25.9 Å². The Kier molecular flexibility index (Phi) is 7.03. The fraction of sp³-hybridized carbons (Fsp3) is 0.292. The summed E-state index contributed by atoms with van der Waals surface area (Å²) >= 11 is 6.21. The van der Waals surface area contributed by atoms with Gasteiger partial charge in [-0.1, -0.05) is 11.6 Å². The molecule has 1 saturated heterocycles. The minimum absolute atomic E-state index is 0.212. The van der Waals surface area contributed by atoms with Crippen LogP contribution in [0.4, 0.5) is 11.4 Å². The van der Waals surface area contributed by atoms with Crippen LogP contribution in [-0.2, 0) is 26.2 Å². The molecule has 3 amide bonds. The molecule has 196 valence electrons. The molecule has 0 spiro atoms. The fourth-order valence-electron chi connectivity index (χ4n) is 4.43. The number of anilines is 2. The molecule has 2 aromatic carbocycles. The maximum atomic E-state index is 13.4. The predicted molar refractivity (Wildman–Crippen MR) is 138 cm³/mol. The summed E-state index contributed by atoms with van der Waals surface area (Å²) in [6.45, 7) is -0.365. The third kappa shape index (κ3) is 5.06. The van der Waals surface area contributed by atoms with Crippen LogP contribution in [0.5, 0.6) is 0 Å². The number of aryl methyl sites for hydroxylation is 1. The highest BCUT2D eigenvalue weighted by Crippen LogP contribution is 2.30. The molecule has 1 unspecified atom stereocenters. The SMILES string of the molecule is COCCC(C(=O)Nc1ccc2nn(C)cc2c1)N1CC(=O)N(c2cc(Cl)ccc2-n2cnnn2)CC1=O. The third-order valence-electron chi connectivity index (χ3n) is 6.21. The van der Waals surface area contributed by atoms with Crippen LogP contribution < -0.4 is 10.2 Å². The smallest absolute Gasteiger partial charge is 0.247 e. The number of ether oxygens (including phenoxy) is 1. The molecule has 1 fully saturated rings. The van der Waals surface area contributed by atoms with E-state index >= 15 is 0 Å². The Labute approximate surface area is 221 Å². The lowest BCUT2D eigenvalue weighted by Gasteiger charge is -2.38. The summed E-state index contributed by atoms with van der Waals surface area (Å²) in [5, 5.41) is 19.6. The summed E-state index contributed by atoms with van der Waals surface area (Å²) in [5.41, 5.74) is 2.21. The number of methoxy groups -OCH3 is 1. The van der Waals surface area contributed by atoms with Gasteiger partial charge in [0.25, 0.3) is 0 Å². The molecule has 3 heterocycles. The van der Waals surface area contributed by atoms with E-state index in [-0.39, 0.29) is 32.0 Å². The second-order valence-corrected chi connectivity index (χ2v) is 9.19. The van der Waals surface area contributed by atoms with Crippen LogP contribution in [-0.4, -0.2) is 85.5 Å². The van der Waals surface area contributed by atoms with Crippen molar-refractivity contribution in [3.8, 4) is 5.69 Å². The molecule has 0 saturated carbocycles. The number of aromatic nitrogens is 6. The second kappa shape index (κ2) is 10.6. The summed E-state index contributed by atoms with van der Waals surface area (Å²) in [6.07, 6.45) is 3.43. The molecule has 38 heavy (non-hydrogen) atoms. The van der Waals surface area contributed by atoms with E-state index in [0.29, 0.717) is 22.1 Å². The number of carbonyl (C=O) groups is 3. The highest BCUT2D eigenvalue weighted by molar-refractivity contribution is 6.31. The first-order valence-electron chi connectivity index (χ1n) is 11.7. The number of carbonyl (C=O) groups excluding carboxylic acids is 3. The average Bonchev–Trinajstić information content (AvgIpc) is 3.55. The lowest BCUT2D eigenvalue weighted by Crippen LogP contribution is -2.59. The van der Waals surface area contributed by atoms with Gasteiger partial charge < -0.3 is 15.0 Å². The van der Waals surface area contributed by atoms with Crippen molar-refractivity contribution in [1.29, 1.82) is 0 Å². The third-order valence-corrected chi connectivity index (χ3v) is 6.44. The molecule has 0 aliphatic carbocycles. The molecule has 14 heteroatoms. The molecule has 13 nitrogen and oxygen atoms in total. The number of fused-ring (bicyclic) bond motifs is 1. The Bertz CT molecular complexity index is 1500. The van der Waals surface area contributed by atoms with E-state index in [1.54, 1.807) is 41.1 Å². The number of nitrogens with zero attached hydrogens (tertiary/aromatic N) is 8. The van der Waals surface area contributed by atoms with Gasteiger partial charge in [0.15, 0.2) is 0 Å². The number of tetrazole rings is 1. The van der Waals surface area contributed by atoms with E-state index in [1.807, 2.05) is 13.2 Å². The first-order chi connectivity index (χ1) is 18.3. The minimum atomic E-state index is -0.920. The number of hydrogen-bond donors (Lipinski definition) is 1. The van der Waals surface area contributed by atoms with Crippen LogP contribution in [0.15, 0.2) is 48.9 Å². The molecule has 1 aliphatic rings. The molecule has 0 bridgehead atoms. The first-order valence-corrected chi connectivity index (χ1v) is 12.1. The van der Waals surface area contributed by atoms with Crippen molar-refractivity contribution in [3.63, 3.8) is 0 Å². The van der Waals surface area contributed by atoms with Crippen LogP contribution in [0.3, 0.4) is 0 Å². The van der Waals surface area contributed by atoms with Gasteiger partial charge >= 0.3 is 0 Å². The molecule has 1 N–H and O–H groups in total. The van der Waals surface area contributed by atoms with Crippen molar-refractivity contribution in [3.05, 3.63) is 53.9 Å². The van der Waals surface area contributed by atoms with E-state index in [0.717, 1.165) is 10.9 Å². The maximum absolute atomic E-state index is 13.4. The zero-order valence-electron chi connectivity index (χ0n) is 20.6. The molecule has 1 atom stereocenters. The molecule has 1 aliphatic heterocycles. The van der Waals surface area contributed by atoms with Crippen LogP contribution in [0, 0.1) is 0 Å². The summed E-state index contributed by atoms with van der Waals surface area (Å²) in [4.78, 5) is 42.7. The quantitative estimate of drug-likeness (QED) is 0.356. The number of piperazine rings is 1. The zero-order valence-corrected chi connectivity index (χ0v) is 21.4. The number of nitrogens with one attached hydrogen (secondary N) is 1. The Morgan fingerprint density at radius 3 is 2.74 bits per heavy atom. The van der Waals surface area contributed by atoms with Crippen LogP contribution >= 0.6 is 11.6 Å². The van der Waals surface area contributed by atoms with Gasteiger partial charge in [0, 0.05) is 49.5 Å². The van der Waals surface area contributed by atoms with E-state index in [4.69, 9.17) is 16.3 Å². The normalized spacial score (nSPS) is 14.8.